The third kappa shape index (κ3) is 3.66. The quantitative estimate of drug-likeness (QED) is 0.682. The van der Waals surface area contributed by atoms with Crippen LogP contribution < -0.4 is 5.43 Å². The van der Waals surface area contributed by atoms with Gasteiger partial charge in [0.15, 0.2) is 5.69 Å². The number of aromatic nitrogens is 2. The van der Waals surface area contributed by atoms with Gasteiger partial charge in [-0.15, -0.1) is 0 Å². The van der Waals surface area contributed by atoms with Crippen LogP contribution in [0.1, 0.15) is 16.1 Å². The average molecular weight is 397 g/mol. The number of halogens is 1. The fraction of sp³-hybridized carbons (Fsp3) is 0.286. The summed E-state index contributed by atoms with van der Waals surface area (Å²) in [6, 6.07) is 15.3. The molecule has 0 aliphatic carbocycles. The number of aryl methyl sites for hydroxylation is 1. The van der Waals surface area contributed by atoms with E-state index in [1.807, 2.05) is 18.2 Å². The van der Waals surface area contributed by atoms with Crippen molar-refractivity contribution in [2.24, 2.45) is 7.05 Å². The highest BCUT2D eigenvalue weighted by atomic mass is 35.5. The van der Waals surface area contributed by atoms with Gasteiger partial charge in [-0.05, 0) is 23.8 Å². The fourth-order valence-corrected chi connectivity index (χ4v) is 3.76. The van der Waals surface area contributed by atoms with Gasteiger partial charge in [-0.1, -0.05) is 41.9 Å². The van der Waals surface area contributed by atoms with Crippen molar-refractivity contribution >= 4 is 28.4 Å². The van der Waals surface area contributed by atoms with Crippen molar-refractivity contribution in [3.63, 3.8) is 0 Å². The predicted octanol–water partition coefficient (Wildman–Crippen LogP) is 2.54. The van der Waals surface area contributed by atoms with E-state index < -0.39 is 0 Å². The highest BCUT2D eigenvalue weighted by Crippen LogP contribution is 2.17. The Balaban J connectivity index is 1.51. The summed E-state index contributed by atoms with van der Waals surface area (Å²) in [5, 5.41) is 5.12. The van der Waals surface area contributed by atoms with Crippen LogP contribution in [0.5, 0.6) is 0 Å². The number of hydrogen-bond acceptors (Lipinski definition) is 4. The van der Waals surface area contributed by atoms with Crippen LogP contribution in [-0.2, 0) is 13.6 Å². The van der Waals surface area contributed by atoms with E-state index in [2.05, 4.69) is 22.1 Å². The van der Waals surface area contributed by atoms with E-state index in [1.54, 1.807) is 34.8 Å². The van der Waals surface area contributed by atoms with Crippen LogP contribution in [0.4, 0.5) is 0 Å². The summed E-state index contributed by atoms with van der Waals surface area (Å²) >= 11 is 6.04. The second-order valence-corrected chi connectivity index (χ2v) is 7.45. The number of carbonyl (C=O) groups is 1. The van der Waals surface area contributed by atoms with Crippen molar-refractivity contribution < 1.29 is 4.79 Å². The standard InChI is InChI=1S/C21H21ClN4O2/c1-24-18-8-7-16(22)13-17(18)20(27)19(23-24)21(28)26-11-9-25(10-12-26)14-15-5-3-2-4-6-15/h2-8,13H,9-12,14H2,1H3. The molecule has 1 saturated heterocycles. The van der Waals surface area contributed by atoms with E-state index in [9.17, 15) is 9.59 Å². The van der Waals surface area contributed by atoms with Crippen LogP contribution in [-0.4, -0.2) is 51.7 Å². The van der Waals surface area contributed by atoms with Gasteiger partial charge >= 0.3 is 0 Å². The van der Waals surface area contributed by atoms with Crippen LogP contribution >= 0.6 is 11.6 Å². The lowest BCUT2D eigenvalue weighted by Gasteiger charge is -2.34. The number of nitrogens with zero attached hydrogens (tertiary/aromatic N) is 4. The number of piperazine rings is 1. The summed E-state index contributed by atoms with van der Waals surface area (Å²) < 4.78 is 1.56. The highest BCUT2D eigenvalue weighted by Gasteiger charge is 2.26. The monoisotopic (exact) mass is 396 g/mol. The molecule has 0 N–H and O–H groups in total. The zero-order valence-corrected chi connectivity index (χ0v) is 16.4. The van der Waals surface area contributed by atoms with Crippen molar-refractivity contribution in [1.82, 2.24) is 19.6 Å². The number of fused-ring (bicyclic) bond motifs is 1. The molecule has 0 radical (unpaired) electrons. The Morgan fingerprint density at radius 3 is 2.50 bits per heavy atom. The van der Waals surface area contributed by atoms with Crippen LogP contribution in [0.15, 0.2) is 53.3 Å². The highest BCUT2D eigenvalue weighted by molar-refractivity contribution is 6.31. The summed E-state index contributed by atoms with van der Waals surface area (Å²) in [6.07, 6.45) is 0. The number of amides is 1. The molecule has 0 saturated carbocycles. The van der Waals surface area contributed by atoms with Crippen molar-refractivity contribution in [3.05, 3.63) is 75.0 Å². The maximum absolute atomic E-state index is 13.0. The van der Waals surface area contributed by atoms with Gasteiger partial charge < -0.3 is 4.90 Å². The first-order valence-corrected chi connectivity index (χ1v) is 9.63. The molecule has 1 aromatic heterocycles. The SMILES string of the molecule is Cn1nc(C(=O)N2CCN(Cc3ccccc3)CC2)c(=O)c2cc(Cl)ccc21. The Kier molecular flexibility index (Phi) is 5.15. The summed E-state index contributed by atoms with van der Waals surface area (Å²) in [5.74, 6) is -0.318. The molecule has 1 fully saturated rings. The van der Waals surface area contributed by atoms with Gasteiger partial charge in [0.05, 0.1) is 10.9 Å². The molecule has 2 heterocycles. The minimum atomic E-state index is -0.368. The smallest absolute Gasteiger partial charge is 0.278 e. The molecule has 0 spiro atoms. The van der Waals surface area contributed by atoms with Gasteiger partial charge in [0.1, 0.15) is 0 Å². The Morgan fingerprint density at radius 2 is 1.79 bits per heavy atom. The minimum Gasteiger partial charge on any atom is -0.335 e. The van der Waals surface area contributed by atoms with Crippen LogP contribution in [0.25, 0.3) is 10.9 Å². The lowest BCUT2D eigenvalue weighted by molar-refractivity contribution is 0.0619. The first-order chi connectivity index (χ1) is 13.5. The van der Waals surface area contributed by atoms with Crippen LogP contribution in [0.3, 0.4) is 0 Å². The molecule has 6 nitrogen and oxygen atoms in total. The Bertz CT molecular complexity index is 1070. The molecule has 144 valence electrons. The van der Waals surface area contributed by atoms with Crippen molar-refractivity contribution in [2.75, 3.05) is 26.2 Å². The van der Waals surface area contributed by atoms with Gasteiger partial charge in [-0.2, -0.15) is 5.10 Å². The third-order valence-corrected chi connectivity index (χ3v) is 5.36. The van der Waals surface area contributed by atoms with Crippen molar-refractivity contribution in [1.29, 1.82) is 0 Å². The fourth-order valence-electron chi connectivity index (χ4n) is 3.59. The summed E-state index contributed by atoms with van der Waals surface area (Å²) in [7, 11) is 1.73. The summed E-state index contributed by atoms with van der Waals surface area (Å²) in [6.45, 7) is 3.53. The first kappa shape index (κ1) is 18.7. The molecule has 4 rings (SSSR count). The van der Waals surface area contributed by atoms with Gasteiger partial charge in [-0.25, -0.2) is 0 Å². The average Bonchev–Trinajstić information content (AvgIpc) is 2.71. The molecule has 0 unspecified atom stereocenters. The number of rotatable bonds is 3. The van der Waals surface area contributed by atoms with Crippen molar-refractivity contribution in [2.45, 2.75) is 6.54 Å². The molecule has 7 heteroatoms. The normalized spacial score (nSPS) is 15.1. The summed E-state index contributed by atoms with van der Waals surface area (Å²) in [4.78, 5) is 29.8. The zero-order valence-electron chi connectivity index (χ0n) is 15.6. The molecular weight excluding hydrogens is 376 g/mol. The predicted molar refractivity (Wildman–Crippen MR) is 110 cm³/mol. The Labute approximate surface area is 167 Å². The molecule has 3 aromatic rings. The third-order valence-electron chi connectivity index (χ3n) is 5.13. The topological polar surface area (TPSA) is 58.4 Å². The molecule has 1 aliphatic rings. The second-order valence-electron chi connectivity index (χ2n) is 7.02. The van der Waals surface area contributed by atoms with Gasteiger partial charge in [-0.3, -0.25) is 19.2 Å². The van der Waals surface area contributed by atoms with E-state index in [0.717, 1.165) is 19.6 Å². The number of hydrogen-bond donors (Lipinski definition) is 0. The minimum absolute atomic E-state index is 0.0474. The molecular formula is C21H21ClN4O2. The lowest BCUT2D eigenvalue weighted by Crippen LogP contribution is -2.49. The molecule has 0 bridgehead atoms. The molecule has 2 aromatic carbocycles. The molecule has 28 heavy (non-hydrogen) atoms. The van der Waals surface area contributed by atoms with E-state index >= 15 is 0 Å². The number of carbonyl (C=O) groups excluding carboxylic acids is 1. The largest absolute Gasteiger partial charge is 0.335 e. The maximum Gasteiger partial charge on any atom is 0.278 e. The maximum atomic E-state index is 13.0. The summed E-state index contributed by atoms with van der Waals surface area (Å²) in [5.41, 5.74) is 1.49. The first-order valence-electron chi connectivity index (χ1n) is 9.25. The van der Waals surface area contributed by atoms with Crippen molar-refractivity contribution in [3.8, 4) is 0 Å². The molecule has 1 aliphatic heterocycles. The van der Waals surface area contributed by atoms with E-state index in [4.69, 9.17) is 11.6 Å². The van der Waals surface area contributed by atoms with E-state index in [1.165, 1.54) is 5.56 Å². The Morgan fingerprint density at radius 1 is 1.07 bits per heavy atom. The van der Waals surface area contributed by atoms with Gasteiger partial charge in [0, 0.05) is 44.8 Å². The Hall–Kier alpha value is -2.70. The van der Waals surface area contributed by atoms with E-state index in [0.29, 0.717) is 29.0 Å². The second kappa shape index (κ2) is 7.73. The van der Waals surface area contributed by atoms with Crippen LogP contribution in [0.2, 0.25) is 5.02 Å². The molecule has 0 atom stereocenters. The zero-order chi connectivity index (χ0) is 19.7. The van der Waals surface area contributed by atoms with E-state index in [-0.39, 0.29) is 17.0 Å². The number of benzene rings is 2. The lowest BCUT2D eigenvalue weighted by atomic mass is 10.1. The van der Waals surface area contributed by atoms with Gasteiger partial charge in [0.2, 0.25) is 5.43 Å². The molecule has 1 amide bonds. The van der Waals surface area contributed by atoms with Crippen LogP contribution in [0, 0.1) is 0 Å². The van der Waals surface area contributed by atoms with Gasteiger partial charge in [0.25, 0.3) is 5.91 Å².